The van der Waals surface area contributed by atoms with Gasteiger partial charge in [0, 0.05) is 17.6 Å². The molecule has 2 amide bonds. The molecule has 3 rings (SSSR count). The lowest BCUT2D eigenvalue weighted by atomic mass is 10.1. The zero-order valence-electron chi connectivity index (χ0n) is 23.3. The molecule has 3 aromatic rings. The molecule has 0 radical (unpaired) electrons. The van der Waals surface area contributed by atoms with E-state index in [1.807, 2.05) is 20.8 Å². The highest BCUT2D eigenvalue weighted by Gasteiger charge is 2.34. The summed E-state index contributed by atoms with van der Waals surface area (Å²) in [5.41, 5.74) is 2.34. The topological polar surface area (TPSA) is 86.8 Å². The molecule has 1 atom stereocenters. The number of carbonyl (C=O) groups excluding carboxylic acids is 2. The van der Waals surface area contributed by atoms with E-state index in [4.69, 9.17) is 11.6 Å². The van der Waals surface area contributed by atoms with Gasteiger partial charge in [0.05, 0.1) is 10.6 Å². The SMILES string of the molecule is CCC(C(=O)NC(C)C)N(Cc1ccc(F)cc1)C(=O)CN(c1ccc(Cl)cc1C)S(=O)(=O)c1ccc(C)cc1. The van der Waals surface area contributed by atoms with Crippen molar-refractivity contribution < 1.29 is 22.4 Å². The van der Waals surface area contributed by atoms with Crippen LogP contribution in [0.25, 0.3) is 0 Å². The third kappa shape index (κ3) is 7.61. The molecule has 0 aliphatic heterocycles. The number of carbonyl (C=O) groups is 2. The summed E-state index contributed by atoms with van der Waals surface area (Å²) in [4.78, 5) is 28.6. The van der Waals surface area contributed by atoms with Gasteiger partial charge in [-0.1, -0.05) is 48.4 Å². The highest BCUT2D eigenvalue weighted by Crippen LogP contribution is 2.29. The molecular formula is C30H35ClFN3O4S. The van der Waals surface area contributed by atoms with Crippen LogP contribution in [-0.4, -0.2) is 43.8 Å². The second-order valence-corrected chi connectivity index (χ2v) is 12.3. The zero-order valence-corrected chi connectivity index (χ0v) is 24.9. The number of benzene rings is 3. The van der Waals surface area contributed by atoms with Crippen LogP contribution in [0.4, 0.5) is 10.1 Å². The zero-order chi connectivity index (χ0) is 29.6. The normalized spacial score (nSPS) is 12.2. The Morgan fingerprint density at radius 3 is 2.15 bits per heavy atom. The van der Waals surface area contributed by atoms with Crippen LogP contribution in [0.5, 0.6) is 0 Å². The van der Waals surface area contributed by atoms with Gasteiger partial charge in [0.2, 0.25) is 11.8 Å². The van der Waals surface area contributed by atoms with Gasteiger partial charge in [0.1, 0.15) is 18.4 Å². The largest absolute Gasteiger partial charge is 0.352 e. The highest BCUT2D eigenvalue weighted by molar-refractivity contribution is 7.92. The van der Waals surface area contributed by atoms with E-state index >= 15 is 0 Å². The van der Waals surface area contributed by atoms with Crippen molar-refractivity contribution >= 4 is 39.1 Å². The van der Waals surface area contributed by atoms with E-state index in [9.17, 15) is 22.4 Å². The fraction of sp³-hybridized carbons (Fsp3) is 0.333. The first-order valence-electron chi connectivity index (χ1n) is 13.0. The maximum absolute atomic E-state index is 14.0. The number of amides is 2. The van der Waals surface area contributed by atoms with Crippen LogP contribution < -0.4 is 9.62 Å². The van der Waals surface area contributed by atoms with Gasteiger partial charge in [-0.25, -0.2) is 12.8 Å². The van der Waals surface area contributed by atoms with Crippen LogP contribution in [0, 0.1) is 19.7 Å². The Bertz CT molecular complexity index is 1440. The molecule has 3 aromatic carbocycles. The summed E-state index contributed by atoms with van der Waals surface area (Å²) < 4.78 is 42.6. The number of hydrogen-bond acceptors (Lipinski definition) is 4. The number of nitrogens with one attached hydrogen (secondary N) is 1. The summed E-state index contributed by atoms with van der Waals surface area (Å²) >= 11 is 6.15. The van der Waals surface area contributed by atoms with Gasteiger partial charge in [0.15, 0.2) is 0 Å². The molecule has 1 unspecified atom stereocenters. The minimum atomic E-state index is -4.19. The summed E-state index contributed by atoms with van der Waals surface area (Å²) in [7, 11) is -4.19. The lowest BCUT2D eigenvalue weighted by molar-refractivity contribution is -0.140. The Balaban J connectivity index is 2.09. The number of sulfonamides is 1. The molecule has 0 saturated heterocycles. The van der Waals surface area contributed by atoms with Gasteiger partial charge < -0.3 is 10.2 Å². The van der Waals surface area contributed by atoms with Crippen LogP contribution in [0.2, 0.25) is 5.02 Å². The number of rotatable bonds is 11. The summed E-state index contributed by atoms with van der Waals surface area (Å²) in [5, 5.41) is 3.27. The number of aryl methyl sites for hydroxylation is 2. The molecule has 1 N–H and O–H groups in total. The van der Waals surface area contributed by atoms with Gasteiger partial charge in [-0.15, -0.1) is 0 Å². The Morgan fingerprint density at radius 1 is 0.975 bits per heavy atom. The Kier molecular flexibility index (Phi) is 10.3. The first kappa shape index (κ1) is 31.1. The first-order chi connectivity index (χ1) is 18.8. The Morgan fingerprint density at radius 2 is 1.60 bits per heavy atom. The maximum Gasteiger partial charge on any atom is 0.264 e. The minimum absolute atomic E-state index is 0.0127. The van der Waals surface area contributed by atoms with Crippen molar-refractivity contribution in [3.8, 4) is 0 Å². The van der Waals surface area contributed by atoms with Crippen molar-refractivity contribution in [3.05, 3.63) is 94.3 Å². The van der Waals surface area contributed by atoms with E-state index in [0.29, 0.717) is 21.8 Å². The van der Waals surface area contributed by atoms with Crippen LogP contribution in [-0.2, 0) is 26.2 Å². The molecule has 0 saturated carbocycles. The van der Waals surface area contributed by atoms with E-state index in [2.05, 4.69) is 5.32 Å². The van der Waals surface area contributed by atoms with Crippen molar-refractivity contribution in [2.75, 3.05) is 10.8 Å². The fourth-order valence-electron chi connectivity index (χ4n) is 4.34. The van der Waals surface area contributed by atoms with E-state index < -0.39 is 34.3 Å². The third-order valence-electron chi connectivity index (χ3n) is 6.40. The number of halogens is 2. The van der Waals surface area contributed by atoms with Crippen molar-refractivity contribution in [2.45, 2.75) is 64.6 Å². The molecule has 0 spiro atoms. The molecule has 0 aliphatic rings. The maximum atomic E-state index is 14.0. The molecule has 0 heterocycles. The molecule has 0 aromatic heterocycles. The van der Waals surface area contributed by atoms with Crippen LogP contribution in [0.3, 0.4) is 0 Å². The average molecular weight is 588 g/mol. The molecule has 10 heteroatoms. The molecule has 0 bridgehead atoms. The average Bonchev–Trinajstić information content (AvgIpc) is 2.88. The van der Waals surface area contributed by atoms with Crippen LogP contribution in [0.1, 0.15) is 43.9 Å². The second-order valence-electron chi connectivity index (χ2n) is 9.99. The Hall–Kier alpha value is -3.43. The minimum Gasteiger partial charge on any atom is -0.352 e. The monoisotopic (exact) mass is 587 g/mol. The summed E-state index contributed by atoms with van der Waals surface area (Å²) in [6.45, 7) is 8.39. The fourth-order valence-corrected chi connectivity index (χ4v) is 6.04. The molecular weight excluding hydrogens is 553 g/mol. The smallest absolute Gasteiger partial charge is 0.264 e. The summed E-state index contributed by atoms with van der Waals surface area (Å²) in [6.07, 6.45) is 0.288. The van der Waals surface area contributed by atoms with E-state index in [1.54, 1.807) is 44.2 Å². The van der Waals surface area contributed by atoms with E-state index in [0.717, 1.165) is 9.87 Å². The van der Waals surface area contributed by atoms with Gasteiger partial charge in [-0.05, 0) is 87.7 Å². The molecule has 0 aliphatic carbocycles. The summed E-state index contributed by atoms with van der Waals surface area (Å²) in [6, 6.07) is 15.7. The van der Waals surface area contributed by atoms with E-state index in [1.165, 1.54) is 41.3 Å². The van der Waals surface area contributed by atoms with Gasteiger partial charge in [-0.2, -0.15) is 0 Å². The number of nitrogens with zero attached hydrogens (tertiary/aromatic N) is 2. The van der Waals surface area contributed by atoms with Crippen LogP contribution in [0.15, 0.2) is 71.6 Å². The van der Waals surface area contributed by atoms with Crippen LogP contribution >= 0.6 is 11.6 Å². The first-order valence-corrected chi connectivity index (χ1v) is 14.8. The number of hydrogen-bond donors (Lipinski definition) is 1. The molecule has 0 fully saturated rings. The lowest BCUT2D eigenvalue weighted by Crippen LogP contribution is -2.53. The third-order valence-corrected chi connectivity index (χ3v) is 8.41. The Labute approximate surface area is 241 Å². The predicted octanol–water partition coefficient (Wildman–Crippen LogP) is 5.62. The second kappa shape index (κ2) is 13.3. The lowest BCUT2D eigenvalue weighted by Gasteiger charge is -2.34. The van der Waals surface area contributed by atoms with Crippen molar-refractivity contribution in [1.82, 2.24) is 10.2 Å². The molecule has 7 nitrogen and oxygen atoms in total. The van der Waals surface area contributed by atoms with Crippen molar-refractivity contribution in [1.29, 1.82) is 0 Å². The number of anilines is 1. The van der Waals surface area contributed by atoms with E-state index in [-0.39, 0.29) is 29.8 Å². The van der Waals surface area contributed by atoms with Gasteiger partial charge in [-0.3, -0.25) is 13.9 Å². The summed E-state index contributed by atoms with van der Waals surface area (Å²) in [5.74, 6) is -1.37. The highest BCUT2D eigenvalue weighted by atomic mass is 35.5. The standard InChI is InChI=1S/C30H35ClFN3O4S/c1-6-27(30(37)33-20(2)3)34(18-23-9-12-25(32)13-10-23)29(36)19-35(28-16-11-24(31)17-22(28)5)40(38,39)26-14-7-21(4)8-15-26/h7-17,20,27H,6,18-19H2,1-5H3,(H,33,37). The van der Waals surface area contributed by atoms with Gasteiger partial charge in [0.25, 0.3) is 10.0 Å². The molecule has 214 valence electrons. The van der Waals surface area contributed by atoms with Crippen molar-refractivity contribution in [3.63, 3.8) is 0 Å². The quantitative estimate of drug-likeness (QED) is 0.315. The van der Waals surface area contributed by atoms with Gasteiger partial charge >= 0.3 is 0 Å². The molecule has 40 heavy (non-hydrogen) atoms. The van der Waals surface area contributed by atoms with Crippen molar-refractivity contribution in [2.24, 2.45) is 0 Å². The predicted molar refractivity (Wildman–Crippen MR) is 156 cm³/mol.